The molecular formula is C19H20N4O3. The average Bonchev–Trinajstić information content (AvgIpc) is 3.06. The molecule has 0 saturated heterocycles. The minimum absolute atomic E-state index is 0.0282. The molecule has 0 saturated carbocycles. The monoisotopic (exact) mass is 352 g/mol. The molecule has 0 bridgehead atoms. The lowest BCUT2D eigenvalue weighted by Crippen LogP contribution is -2.19. The SMILES string of the molecule is COc1ccc2cc([C@@H](C)C(=O)Nc3cnn(CC(N)=O)c3)ccc2c1. The highest BCUT2D eigenvalue weighted by atomic mass is 16.5. The minimum atomic E-state index is -0.493. The summed E-state index contributed by atoms with van der Waals surface area (Å²) in [7, 11) is 1.63. The number of primary amides is 1. The van der Waals surface area contributed by atoms with E-state index in [4.69, 9.17) is 10.5 Å². The predicted molar refractivity (Wildman–Crippen MR) is 99.0 cm³/mol. The number of ether oxygens (including phenoxy) is 1. The third-order valence-electron chi connectivity index (χ3n) is 4.18. The molecule has 26 heavy (non-hydrogen) atoms. The molecule has 0 unspecified atom stereocenters. The summed E-state index contributed by atoms with van der Waals surface area (Å²) in [5, 5.41) is 8.88. The molecule has 0 aliphatic rings. The van der Waals surface area contributed by atoms with Gasteiger partial charge in [0.1, 0.15) is 12.3 Å². The summed E-state index contributed by atoms with van der Waals surface area (Å²) in [5.41, 5.74) is 6.56. The molecule has 3 N–H and O–H groups in total. The fourth-order valence-electron chi connectivity index (χ4n) is 2.71. The van der Waals surface area contributed by atoms with Gasteiger partial charge < -0.3 is 15.8 Å². The van der Waals surface area contributed by atoms with Crippen LogP contribution < -0.4 is 15.8 Å². The number of fused-ring (bicyclic) bond motifs is 1. The standard InChI is InChI=1S/C19H20N4O3/c1-12(19(25)22-16-9-21-23(10-16)11-18(20)24)13-3-4-15-8-17(26-2)6-5-14(15)7-13/h3-10,12H,11H2,1-2H3,(H2,20,24)(H,22,25)/t12-/m1/s1. The highest BCUT2D eigenvalue weighted by molar-refractivity contribution is 5.96. The maximum Gasteiger partial charge on any atom is 0.239 e. The number of amides is 2. The Morgan fingerprint density at radius 1 is 1.23 bits per heavy atom. The van der Waals surface area contributed by atoms with Gasteiger partial charge in [-0.1, -0.05) is 24.3 Å². The maximum atomic E-state index is 12.5. The number of nitrogens with two attached hydrogens (primary N) is 1. The Morgan fingerprint density at radius 3 is 2.69 bits per heavy atom. The van der Waals surface area contributed by atoms with Crippen LogP contribution in [0, 0.1) is 0 Å². The van der Waals surface area contributed by atoms with Crippen molar-refractivity contribution in [3.05, 3.63) is 54.4 Å². The number of benzene rings is 2. The Bertz CT molecular complexity index is 964. The first-order chi connectivity index (χ1) is 12.5. The van der Waals surface area contributed by atoms with Crippen LogP contribution in [0.3, 0.4) is 0 Å². The van der Waals surface area contributed by atoms with Gasteiger partial charge in [-0.3, -0.25) is 14.3 Å². The van der Waals surface area contributed by atoms with Crippen molar-refractivity contribution < 1.29 is 14.3 Å². The van der Waals surface area contributed by atoms with Crippen LogP contribution in [0.15, 0.2) is 48.8 Å². The van der Waals surface area contributed by atoms with Gasteiger partial charge in [-0.2, -0.15) is 5.10 Å². The average molecular weight is 352 g/mol. The fraction of sp³-hybridized carbons (Fsp3) is 0.211. The van der Waals surface area contributed by atoms with Crippen molar-refractivity contribution in [2.75, 3.05) is 12.4 Å². The topological polar surface area (TPSA) is 99.2 Å². The summed E-state index contributed by atoms with van der Waals surface area (Å²) in [5.74, 6) is -0.200. The summed E-state index contributed by atoms with van der Waals surface area (Å²) >= 11 is 0. The molecule has 7 nitrogen and oxygen atoms in total. The second-order valence-corrected chi connectivity index (χ2v) is 6.08. The molecule has 7 heteroatoms. The number of hydrogen-bond acceptors (Lipinski definition) is 4. The van der Waals surface area contributed by atoms with Crippen molar-refractivity contribution in [1.29, 1.82) is 0 Å². The molecule has 1 aromatic heterocycles. The normalized spacial score (nSPS) is 11.9. The molecule has 134 valence electrons. The van der Waals surface area contributed by atoms with Crippen LogP contribution >= 0.6 is 0 Å². The minimum Gasteiger partial charge on any atom is -0.497 e. The van der Waals surface area contributed by atoms with E-state index in [2.05, 4.69) is 10.4 Å². The Labute approximate surface area is 150 Å². The summed E-state index contributed by atoms with van der Waals surface area (Å²) in [6.07, 6.45) is 3.06. The lowest BCUT2D eigenvalue weighted by atomic mass is 9.97. The number of nitrogens with one attached hydrogen (secondary N) is 1. The van der Waals surface area contributed by atoms with Gasteiger partial charge in [-0.15, -0.1) is 0 Å². The van der Waals surface area contributed by atoms with E-state index in [1.165, 1.54) is 10.9 Å². The van der Waals surface area contributed by atoms with Gasteiger partial charge >= 0.3 is 0 Å². The summed E-state index contributed by atoms with van der Waals surface area (Å²) in [4.78, 5) is 23.4. The van der Waals surface area contributed by atoms with Gasteiger partial charge in [0.25, 0.3) is 0 Å². The molecule has 2 amide bonds. The first kappa shape index (κ1) is 17.5. The molecular weight excluding hydrogens is 332 g/mol. The predicted octanol–water partition coefficient (Wildman–Crippen LogP) is 2.27. The number of rotatable bonds is 6. The first-order valence-electron chi connectivity index (χ1n) is 8.15. The van der Waals surface area contributed by atoms with Crippen LogP contribution in [0.5, 0.6) is 5.75 Å². The van der Waals surface area contributed by atoms with Crippen molar-refractivity contribution in [1.82, 2.24) is 9.78 Å². The number of aromatic nitrogens is 2. The number of anilines is 1. The zero-order valence-corrected chi connectivity index (χ0v) is 14.6. The highest BCUT2D eigenvalue weighted by Gasteiger charge is 2.16. The van der Waals surface area contributed by atoms with E-state index in [1.807, 2.05) is 43.3 Å². The van der Waals surface area contributed by atoms with Crippen LogP contribution in [0.2, 0.25) is 0 Å². The molecule has 1 atom stereocenters. The van der Waals surface area contributed by atoms with Crippen molar-refractivity contribution in [2.45, 2.75) is 19.4 Å². The lowest BCUT2D eigenvalue weighted by molar-refractivity contribution is -0.119. The van der Waals surface area contributed by atoms with E-state index in [0.29, 0.717) is 5.69 Å². The van der Waals surface area contributed by atoms with E-state index >= 15 is 0 Å². The molecule has 0 radical (unpaired) electrons. The smallest absolute Gasteiger partial charge is 0.239 e. The third kappa shape index (κ3) is 3.83. The second-order valence-electron chi connectivity index (χ2n) is 6.08. The van der Waals surface area contributed by atoms with E-state index in [0.717, 1.165) is 22.1 Å². The Balaban J connectivity index is 1.74. The Morgan fingerprint density at radius 2 is 1.96 bits per heavy atom. The zero-order chi connectivity index (χ0) is 18.7. The molecule has 0 fully saturated rings. The van der Waals surface area contributed by atoms with Crippen LogP contribution in [0.1, 0.15) is 18.4 Å². The summed E-state index contributed by atoms with van der Waals surface area (Å²) in [6, 6.07) is 11.7. The first-order valence-corrected chi connectivity index (χ1v) is 8.15. The van der Waals surface area contributed by atoms with Crippen LogP contribution in [-0.4, -0.2) is 28.7 Å². The van der Waals surface area contributed by atoms with Gasteiger partial charge in [0, 0.05) is 6.20 Å². The van der Waals surface area contributed by atoms with Crippen molar-refractivity contribution in [2.24, 2.45) is 5.73 Å². The molecule has 1 heterocycles. The van der Waals surface area contributed by atoms with Crippen LogP contribution in [0.25, 0.3) is 10.8 Å². The number of hydrogen-bond donors (Lipinski definition) is 2. The van der Waals surface area contributed by atoms with Crippen LogP contribution in [-0.2, 0) is 16.1 Å². The third-order valence-corrected chi connectivity index (χ3v) is 4.18. The molecule has 0 aliphatic heterocycles. The highest BCUT2D eigenvalue weighted by Crippen LogP contribution is 2.25. The van der Waals surface area contributed by atoms with E-state index in [1.54, 1.807) is 13.3 Å². The van der Waals surface area contributed by atoms with Gasteiger partial charge in [-0.25, -0.2) is 0 Å². The summed E-state index contributed by atoms with van der Waals surface area (Å²) < 4.78 is 6.61. The zero-order valence-electron chi connectivity index (χ0n) is 14.6. The second kappa shape index (κ2) is 7.26. The number of methoxy groups -OCH3 is 1. The number of nitrogens with zero attached hydrogens (tertiary/aromatic N) is 2. The summed E-state index contributed by atoms with van der Waals surface area (Å²) in [6.45, 7) is 1.81. The van der Waals surface area contributed by atoms with Crippen molar-refractivity contribution in [3.8, 4) is 5.75 Å². The fourth-order valence-corrected chi connectivity index (χ4v) is 2.71. The quantitative estimate of drug-likeness (QED) is 0.711. The van der Waals surface area contributed by atoms with Gasteiger partial charge in [0.15, 0.2) is 0 Å². The molecule has 0 spiro atoms. The van der Waals surface area contributed by atoms with Gasteiger partial charge in [0.05, 0.1) is 24.9 Å². The molecule has 3 rings (SSSR count). The Hall–Kier alpha value is -3.35. The molecule has 2 aromatic carbocycles. The van der Waals surface area contributed by atoms with Crippen LogP contribution in [0.4, 0.5) is 5.69 Å². The number of carbonyl (C=O) groups is 2. The Kier molecular flexibility index (Phi) is 4.88. The van der Waals surface area contributed by atoms with E-state index in [9.17, 15) is 9.59 Å². The molecule has 3 aromatic rings. The van der Waals surface area contributed by atoms with Crippen molar-refractivity contribution >= 4 is 28.3 Å². The van der Waals surface area contributed by atoms with Gasteiger partial charge in [0.2, 0.25) is 11.8 Å². The van der Waals surface area contributed by atoms with E-state index < -0.39 is 5.91 Å². The van der Waals surface area contributed by atoms with Crippen molar-refractivity contribution in [3.63, 3.8) is 0 Å². The van der Waals surface area contributed by atoms with E-state index in [-0.39, 0.29) is 18.4 Å². The molecule has 0 aliphatic carbocycles. The lowest BCUT2D eigenvalue weighted by Gasteiger charge is -2.13. The largest absolute Gasteiger partial charge is 0.497 e. The number of carbonyl (C=O) groups excluding carboxylic acids is 2. The van der Waals surface area contributed by atoms with Gasteiger partial charge in [-0.05, 0) is 35.4 Å². The maximum absolute atomic E-state index is 12.5.